The van der Waals surface area contributed by atoms with Crippen LogP contribution < -0.4 is 5.73 Å². The summed E-state index contributed by atoms with van der Waals surface area (Å²) in [5, 5.41) is 0. The van der Waals surface area contributed by atoms with Crippen LogP contribution in [0.5, 0.6) is 0 Å². The number of likely N-dealkylation sites (tertiary alicyclic amines) is 1. The number of fused-ring (bicyclic) bond motifs is 1. The number of hydrogen-bond donors (Lipinski definition) is 1. The molecule has 20 heavy (non-hydrogen) atoms. The lowest BCUT2D eigenvalue weighted by atomic mass is 9.85. The Balaban J connectivity index is 1.72. The third-order valence-electron chi connectivity index (χ3n) is 5.09. The molecule has 3 heteroatoms. The van der Waals surface area contributed by atoms with Gasteiger partial charge in [-0.15, -0.1) is 0 Å². The molecule has 1 aromatic rings. The van der Waals surface area contributed by atoms with Gasteiger partial charge in [0.2, 0.25) is 0 Å². The lowest BCUT2D eigenvalue weighted by Crippen LogP contribution is -2.40. The highest BCUT2D eigenvalue weighted by Gasteiger charge is 2.36. The van der Waals surface area contributed by atoms with E-state index in [0.29, 0.717) is 4.99 Å². The Morgan fingerprint density at radius 3 is 2.70 bits per heavy atom. The molecule has 0 radical (unpaired) electrons. The summed E-state index contributed by atoms with van der Waals surface area (Å²) in [5.74, 6) is 1.12. The first kappa shape index (κ1) is 14.0. The Hall–Kier alpha value is -0.930. The van der Waals surface area contributed by atoms with E-state index >= 15 is 0 Å². The summed E-state index contributed by atoms with van der Waals surface area (Å²) in [4.78, 5) is 3.29. The molecule has 1 heterocycles. The third-order valence-corrected chi connectivity index (χ3v) is 5.37. The molecule has 1 aromatic carbocycles. The summed E-state index contributed by atoms with van der Waals surface area (Å²) in [6.45, 7) is 2.22. The van der Waals surface area contributed by atoms with E-state index < -0.39 is 0 Å². The fraction of sp³-hybridized carbons (Fsp3) is 0.588. The number of nitrogens with two attached hydrogens (primary N) is 1. The van der Waals surface area contributed by atoms with Gasteiger partial charge in [-0.1, -0.05) is 55.4 Å². The summed E-state index contributed by atoms with van der Waals surface area (Å²) >= 11 is 5.33. The van der Waals surface area contributed by atoms with Gasteiger partial charge in [-0.3, -0.25) is 4.90 Å². The fourth-order valence-corrected chi connectivity index (χ4v) is 4.22. The van der Waals surface area contributed by atoms with Gasteiger partial charge in [0.05, 0.1) is 4.99 Å². The Morgan fingerprint density at radius 1 is 1.20 bits per heavy atom. The minimum Gasteiger partial charge on any atom is -0.393 e. The van der Waals surface area contributed by atoms with E-state index in [2.05, 4.69) is 29.2 Å². The van der Waals surface area contributed by atoms with Gasteiger partial charge < -0.3 is 5.73 Å². The molecule has 3 unspecified atom stereocenters. The van der Waals surface area contributed by atoms with E-state index in [0.717, 1.165) is 18.5 Å². The summed E-state index contributed by atoms with van der Waals surface area (Å²) in [6, 6.07) is 11.3. The van der Waals surface area contributed by atoms with Crippen molar-refractivity contribution in [2.75, 3.05) is 13.1 Å². The topological polar surface area (TPSA) is 29.3 Å². The SMILES string of the molecule is NC(=S)C(CN1CCC2CCCCC21)c1ccccc1. The van der Waals surface area contributed by atoms with Crippen molar-refractivity contribution in [3.63, 3.8) is 0 Å². The maximum absolute atomic E-state index is 6.02. The molecule has 108 valence electrons. The first-order valence-electron chi connectivity index (χ1n) is 7.84. The molecule has 1 aliphatic heterocycles. The van der Waals surface area contributed by atoms with Gasteiger partial charge in [0.1, 0.15) is 0 Å². The van der Waals surface area contributed by atoms with Crippen LogP contribution in [0.2, 0.25) is 0 Å². The second kappa shape index (κ2) is 6.23. The molecule has 3 rings (SSSR count). The molecule has 2 fully saturated rings. The quantitative estimate of drug-likeness (QED) is 0.862. The zero-order chi connectivity index (χ0) is 13.9. The van der Waals surface area contributed by atoms with Crippen molar-refractivity contribution in [1.82, 2.24) is 4.90 Å². The maximum Gasteiger partial charge on any atom is 0.0816 e. The van der Waals surface area contributed by atoms with Crippen molar-refractivity contribution in [1.29, 1.82) is 0 Å². The van der Waals surface area contributed by atoms with Crippen molar-refractivity contribution < 1.29 is 0 Å². The molecule has 0 amide bonds. The van der Waals surface area contributed by atoms with Crippen LogP contribution >= 0.6 is 12.2 Å². The Kier molecular flexibility index (Phi) is 4.37. The molecule has 1 aliphatic carbocycles. The van der Waals surface area contributed by atoms with Gasteiger partial charge in [-0.2, -0.15) is 0 Å². The lowest BCUT2D eigenvalue weighted by molar-refractivity contribution is 0.181. The highest BCUT2D eigenvalue weighted by molar-refractivity contribution is 7.80. The molecule has 1 saturated heterocycles. The predicted octanol–water partition coefficient (Wildman–Crippen LogP) is 3.32. The average Bonchev–Trinajstić information content (AvgIpc) is 2.88. The van der Waals surface area contributed by atoms with Crippen LogP contribution in [0.1, 0.15) is 43.6 Å². The first-order chi connectivity index (χ1) is 9.75. The van der Waals surface area contributed by atoms with E-state index in [-0.39, 0.29) is 5.92 Å². The molecular weight excluding hydrogens is 264 g/mol. The van der Waals surface area contributed by atoms with Crippen LogP contribution in [-0.2, 0) is 0 Å². The van der Waals surface area contributed by atoms with E-state index in [1.54, 1.807) is 0 Å². The molecule has 1 saturated carbocycles. The van der Waals surface area contributed by atoms with Gasteiger partial charge in [0.15, 0.2) is 0 Å². The molecule has 2 N–H and O–H groups in total. The van der Waals surface area contributed by atoms with Crippen molar-refractivity contribution in [3.8, 4) is 0 Å². The minimum absolute atomic E-state index is 0.201. The minimum atomic E-state index is 0.201. The van der Waals surface area contributed by atoms with Crippen LogP contribution in [0.4, 0.5) is 0 Å². The van der Waals surface area contributed by atoms with Crippen molar-refractivity contribution >= 4 is 17.2 Å². The van der Waals surface area contributed by atoms with E-state index in [9.17, 15) is 0 Å². The van der Waals surface area contributed by atoms with Crippen molar-refractivity contribution in [3.05, 3.63) is 35.9 Å². The van der Waals surface area contributed by atoms with Gasteiger partial charge in [-0.05, 0) is 37.3 Å². The van der Waals surface area contributed by atoms with Crippen molar-refractivity contribution in [2.45, 2.75) is 44.1 Å². The van der Waals surface area contributed by atoms with Crippen LogP contribution in [0.15, 0.2) is 30.3 Å². The molecule has 0 spiro atoms. The second-order valence-electron chi connectivity index (χ2n) is 6.26. The smallest absolute Gasteiger partial charge is 0.0816 e. The highest BCUT2D eigenvalue weighted by atomic mass is 32.1. The zero-order valence-corrected chi connectivity index (χ0v) is 12.8. The Bertz CT molecular complexity index is 459. The number of benzene rings is 1. The molecule has 2 nitrogen and oxygen atoms in total. The number of rotatable bonds is 4. The average molecular weight is 288 g/mol. The molecule has 0 aromatic heterocycles. The monoisotopic (exact) mass is 288 g/mol. The summed E-state index contributed by atoms with van der Waals surface area (Å²) in [5.41, 5.74) is 7.28. The van der Waals surface area contributed by atoms with E-state index in [1.165, 1.54) is 44.2 Å². The highest BCUT2D eigenvalue weighted by Crippen LogP contribution is 2.37. The maximum atomic E-state index is 6.02. The van der Waals surface area contributed by atoms with Crippen LogP contribution in [-0.4, -0.2) is 29.0 Å². The predicted molar refractivity (Wildman–Crippen MR) is 87.9 cm³/mol. The molecule has 3 atom stereocenters. The number of nitrogens with zero attached hydrogens (tertiary/aromatic N) is 1. The third kappa shape index (κ3) is 2.89. The summed E-state index contributed by atoms with van der Waals surface area (Å²) in [6.07, 6.45) is 6.96. The normalized spacial score (nSPS) is 28.0. The standard InChI is InChI=1S/C17H24N2S/c18-17(20)15(13-6-2-1-3-7-13)12-19-11-10-14-8-4-5-9-16(14)19/h1-3,6-7,14-16H,4-5,8-12H2,(H2,18,20). The summed E-state index contributed by atoms with van der Waals surface area (Å²) < 4.78 is 0. The Morgan fingerprint density at radius 2 is 1.95 bits per heavy atom. The van der Waals surface area contributed by atoms with Crippen LogP contribution in [0, 0.1) is 5.92 Å². The van der Waals surface area contributed by atoms with Gasteiger partial charge >= 0.3 is 0 Å². The largest absolute Gasteiger partial charge is 0.393 e. The zero-order valence-electron chi connectivity index (χ0n) is 12.0. The molecule has 0 bridgehead atoms. The second-order valence-corrected chi connectivity index (χ2v) is 6.73. The first-order valence-corrected chi connectivity index (χ1v) is 8.25. The molecule has 2 aliphatic rings. The number of hydrogen-bond acceptors (Lipinski definition) is 2. The van der Waals surface area contributed by atoms with Crippen LogP contribution in [0.25, 0.3) is 0 Å². The van der Waals surface area contributed by atoms with Gasteiger partial charge in [0.25, 0.3) is 0 Å². The van der Waals surface area contributed by atoms with Gasteiger partial charge in [-0.25, -0.2) is 0 Å². The fourth-order valence-electron chi connectivity index (χ4n) is 4.01. The molecular formula is C17H24N2S. The van der Waals surface area contributed by atoms with E-state index in [1.807, 2.05) is 6.07 Å². The number of thiocarbonyl (C=S) groups is 1. The van der Waals surface area contributed by atoms with Crippen molar-refractivity contribution in [2.24, 2.45) is 11.7 Å². The van der Waals surface area contributed by atoms with E-state index in [4.69, 9.17) is 18.0 Å². The lowest BCUT2D eigenvalue weighted by Gasteiger charge is -2.33. The Labute approximate surface area is 127 Å². The summed E-state index contributed by atoms with van der Waals surface area (Å²) in [7, 11) is 0. The van der Waals surface area contributed by atoms with Crippen LogP contribution in [0.3, 0.4) is 0 Å². The van der Waals surface area contributed by atoms with Gasteiger partial charge in [0, 0.05) is 18.5 Å².